The van der Waals surface area contributed by atoms with Crippen LogP contribution in [0.2, 0.25) is 0 Å². The summed E-state index contributed by atoms with van der Waals surface area (Å²) in [5.41, 5.74) is -0.667. The Labute approximate surface area is 80.2 Å². The summed E-state index contributed by atoms with van der Waals surface area (Å²) in [6, 6.07) is 2.24. The third-order valence-corrected chi connectivity index (χ3v) is 1.96. The molecule has 1 aromatic carbocycles. The van der Waals surface area contributed by atoms with Crippen LogP contribution < -0.4 is 0 Å². The molecular weight excluding hydrogens is 190 g/mol. The van der Waals surface area contributed by atoms with Crippen LogP contribution in [-0.4, -0.2) is 11.1 Å². The Morgan fingerprint density at radius 1 is 1.36 bits per heavy atom. The molecule has 14 heavy (non-hydrogen) atoms. The number of carboxylic acids is 1. The third-order valence-electron chi connectivity index (χ3n) is 1.96. The third kappa shape index (κ3) is 1.73. The molecule has 0 radical (unpaired) electrons. The van der Waals surface area contributed by atoms with Crippen LogP contribution >= 0.6 is 0 Å². The molecule has 76 valence electrons. The molecule has 0 atom stereocenters. The average Bonchev–Trinajstić information content (AvgIpc) is 2.02. The zero-order chi connectivity index (χ0) is 10.9. The highest BCUT2D eigenvalue weighted by Gasteiger charge is 2.20. The van der Waals surface area contributed by atoms with Crippen LogP contribution in [0.1, 0.15) is 35.7 Å². The molecule has 0 aliphatic rings. The summed E-state index contributed by atoms with van der Waals surface area (Å²) in [5.74, 6) is -3.77. The van der Waals surface area contributed by atoms with Crippen molar-refractivity contribution in [3.63, 3.8) is 0 Å². The fraction of sp³-hybridized carbons (Fsp3) is 0.300. The van der Waals surface area contributed by atoms with E-state index in [0.29, 0.717) is 0 Å². The Balaban J connectivity index is 3.41. The van der Waals surface area contributed by atoms with E-state index in [4.69, 9.17) is 5.11 Å². The second-order valence-corrected chi connectivity index (χ2v) is 3.29. The van der Waals surface area contributed by atoms with Crippen molar-refractivity contribution in [3.05, 3.63) is 34.9 Å². The van der Waals surface area contributed by atoms with Crippen LogP contribution in [0, 0.1) is 11.6 Å². The summed E-state index contributed by atoms with van der Waals surface area (Å²) in [5, 5.41) is 8.57. The van der Waals surface area contributed by atoms with Crippen molar-refractivity contribution in [1.29, 1.82) is 0 Å². The van der Waals surface area contributed by atoms with Crippen LogP contribution in [0.15, 0.2) is 12.1 Å². The van der Waals surface area contributed by atoms with Gasteiger partial charge in [0.15, 0.2) is 0 Å². The van der Waals surface area contributed by atoms with Gasteiger partial charge in [-0.2, -0.15) is 0 Å². The lowest BCUT2D eigenvalue weighted by molar-refractivity contribution is 0.0686. The number of carboxylic acid groups (broad SMARTS) is 1. The van der Waals surface area contributed by atoms with Crippen molar-refractivity contribution >= 4 is 5.97 Å². The minimum Gasteiger partial charge on any atom is -0.477 e. The van der Waals surface area contributed by atoms with Gasteiger partial charge in [0.05, 0.1) is 0 Å². The molecule has 0 fully saturated rings. The number of hydrogen-bond donors (Lipinski definition) is 1. The van der Waals surface area contributed by atoms with Gasteiger partial charge in [0.1, 0.15) is 17.2 Å². The van der Waals surface area contributed by atoms with Gasteiger partial charge < -0.3 is 5.11 Å². The predicted octanol–water partition coefficient (Wildman–Crippen LogP) is 2.79. The molecule has 1 aromatic rings. The molecule has 0 spiro atoms. The number of rotatable bonds is 2. The maximum absolute atomic E-state index is 13.4. The van der Waals surface area contributed by atoms with Crippen molar-refractivity contribution in [1.82, 2.24) is 0 Å². The summed E-state index contributed by atoms with van der Waals surface area (Å²) >= 11 is 0. The molecule has 4 heteroatoms. The molecule has 1 rings (SSSR count). The van der Waals surface area contributed by atoms with Gasteiger partial charge in [0.25, 0.3) is 0 Å². The lowest BCUT2D eigenvalue weighted by Gasteiger charge is -2.09. The molecular formula is C10H10F2O2. The van der Waals surface area contributed by atoms with Crippen molar-refractivity contribution in [2.45, 2.75) is 19.8 Å². The van der Waals surface area contributed by atoms with Gasteiger partial charge in [-0.3, -0.25) is 0 Å². The highest BCUT2D eigenvalue weighted by atomic mass is 19.1. The molecule has 1 N–H and O–H groups in total. The van der Waals surface area contributed by atoms with E-state index in [1.807, 2.05) is 0 Å². The second-order valence-electron chi connectivity index (χ2n) is 3.29. The SMILES string of the molecule is CC(C)c1ccc(F)c(C(=O)O)c1F. The highest BCUT2D eigenvalue weighted by molar-refractivity contribution is 5.88. The van der Waals surface area contributed by atoms with Gasteiger partial charge in [-0.15, -0.1) is 0 Å². The van der Waals surface area contributed by atoms with Crippen LogP contribution in [0.25, 0.3) is 0 Å². The fourth-order valence-electron chi connectivity index (χ4n) is 1.21. The highest BCUT2D eigenvalue weighted by Crippen LogP contribution is 2.23. The Hall–Kier alpha value is -1.45. The molecule has 0 amide bonds. The predicted molar refractivity (Wildman–Crippen MR) is 47.4 cm³/mol. The summed E-state index contributed by atoms with van der Waals surface area (Å²) < 4.78 is 26.3. The molecule has 0 aliphatic heterocycles. The van der Waals surface area contributed by atoms with Crippen molar-refractivity contribution in [3.8, 4) is 0 Å². The first-order valence-corrected chi connectivity index (χ1v) is 4.16. The first-order valence-electron chi connectivity index (χ1n) is 4.16. The topological polar surface area (TPSA) is 37.3 Å². The van der Waals surface area contributed by atoms with E-state index in [9.17, 15) is 13.6 Å². The van der Waals surface area contributed by atoms with E-state index in [0.717, 1.165) is 6.07 Å². The van der Waals surface area contributed by atoms with E-state index in [1.54, 1.807) is 13.8 Å². The maximum atomic E-state index is 13.4. The first-order chi connectivity index (χ1) is 6.45. The molecule has 0 bridgehead atoms. The van der Waals surface area contributed by atoms with Crippen molar-refractivity contribution in [2.24, 2.45) is 0 Å². The normalized spacial score (nSPS) is 10.6. The maximum Gasteiger partial charge on any atom is 0.341 e. The lowest BCUT2D eigenvalue weighted by Crippen LogP contribution is -2.08. The Morgan fingerprint density at radius 2 is 1.93 bits per heavy atom. The summed E-state index contributed by atoms with van der Waals surface area (Å²) in [7, 11) is 0. The smallest absolute Gasteiger partial charge is 0.341 e. The van der Waals surface area contributed by atoms with E-state index in [-0.39, 0.29) is 11.5 Å². The lowest BCUT2D eigenvalue weighted by atomic mass is 9.99. The standard InChI is InChI=1S/C10H10F2O2/c1-5(2)6-3-4-7(11)8(9(6)12)10(13)14/h3-5H,1-2H3,(H,13,14). The minimum absolute atomic E-state index is 0.173. The molecule has 2 nitrogen and oxygen atoms in total. The first kappa shape index (κ1) is 10.6. The molecule has 0 heterocycles. The van der Waals surface area contributed by atoms with Gasteiger partial charge in [-0.05, 0) is 17.5 Å². The van der Waals surface area contributed by atoms with E-state index in [1.165, 1.54) is 6.07 Å². The van der Waals surface area contributed by atoms with Gasteiger partial charge in [0.2, 0.25) is 0 Å². The molecule has 0 aliphatic carbocycles. The second kappa shape index (κ2) is 3.74. The number of hydrogen-bond acceptors (Lipinski definition) is 1. The number of halogens is 2. The molecule has 0 saturated heterocycles. The van der Waals surface area contributed by atoms with Gasteiger partial charge >= 0.3 is 5.97 Å². The molecule has 0 unspecified atom stereocenters. The van der Waals surface area contributed by atoms with E-state index >= 15 is 0 Å². The fourth-order valence-corrected chi connectivity index (χ4v) is 1.21. The van der Waals surface area contributed by atoms with Crippen LogP contribution in [-0.2, 0) is 0 Å². The quantitative estimate of drug-likeness (QED) is 0.796. The largest absolute Gasteiger partial charge is 0.477 e. The molecule has 0 saturated carbocycles. The van der Waals surface area contributed by atoms with Crippen molar-refractivity contribution < 1.29 is 18.7 Å². The Bertz CT molecular complexity index is 373. The van der Waals surface area contributed by atoms with E-state index in [2.05, 4.69) is 0 Å². The van der Waals surface area contributed by atoms with E-state index < -0.39 is 23.2 Å². The molecule has 0 aromatic heterocycles. The summed E-state index contributed by atoms with van der Waals surface area (Å²) in [6.07, 6.45) is 0. The minimum atomic E-state index is -1.58. The zero-order valence-corrected chi connectivity index (χ0v) is 7.84. The van der Waals surface area contributed by atoms with Crippen LogP contribution in [0.3, 0.4) is 0 Å². The summed E-state index contributed by atoms with van der Waals surface area (Å²) in [6.45, 7) is 3.42. The Morgan fingerprint density at radius 3 is 2.36 bits per heavy atom. The van der Waals surface area contributed by atoms with Crippen LogP contribution in [0.4, 0.5) is 8.78 Å². The monoisotopic (exact) mass is 200 g/mol. The number of carbonyl (C=O) groups is 1. The van der Waals surface area contributed by atoms with Gasteiger partial charge in [-0.25, -0.2) is 13.6 Å². The average molecular weight is 200 g/mol. The Kier molecular flexibility index (Phi) is 2.84. The summed E-state index contributed by atoms with van der Waals surface area (Å²) in [4.78, 5) is 10.5. The number of aromatic carboxylic acids is 1. The zero-order valence-electron chi connectivity index (χ0n) is 7.84. The van der Waals surface area contributed by atoms with Crippen LogP contribution in [0.5, 0.6) is 0 Å². The van der Waals surface area contributed by atoms with Gasteiger partial charge in [-0.1, -0.05) is 19.9 Å². The van der Waals surface area contributed by atoms with Crippen molar-refractivity contribution in [2.75, 3.05) is 0 Å². The van der Waals surface area contributed by atoms with Gasteiger partial charge in [0, 0.05) is 0 Å². The number of benzene rings is 1.